The predicted octanol–water partition coefficient (Wildman–Crippen LogP) is 1.94. The Morgan fingerprint density at radius 3 is 2.50 bits per heavy atom. The van der Waals surface area contributed by atoms with Gasteiger partial charge in [0.15, 0.2) is 6.29 Å². The van der Waals surface area contributed by atoms with E-state index in [0.29, 0.717) is 23.1 Å². The summed E-state index contributed by atoms with van der Waals surface area (Å²) >= 11 is 5.40. The minimum atomic E-state index is -0.558. The van der Waals surface area contributed by atoms with E-state index in [0.717, 1.165) is 0 Å². The second kappa shape index (κ2) is 4.24. The molecule has 0 spiro atoms. The summed E-state index contributed by atoms with van der Waals surface area (Å²) in [7, 11) is 3.51. The molecule has 0 unspecified atom stereocenters. The summed E-state index contributed by atoms with van der Waals surface area (Å²) in [6, 6.07) is 4.87. The van der Waals surface area contributed by atoms with E-state index in [1.54, 1.807) is 37.2 Å². The van der Waals surface area contributed by atoms with Crippen LogP contribution < -0.4 is 4.90 Å². The lowest BCUT2D eigenvalue weighted by atomic mass is 10.1. The highest BCUT2D eigenvalue weighted by molar-refractivity contribution is 6.68. The maximum atomic E-state index is 11.1. The largest absolute Gasteiger partial charge is 0.376 e. The predicted molar refractivity (Wildman–Crippen MR) is 56.3 cm³/mol. The van der Waals surface area contributed by atoms with Crippen molar-refractivity contribution in [3.63, 3.8) is 0 Å². The number of hydrogen-bond acceptors (Lipinski definition) is 3. The van der Waals surface area contributed by atoms with E-state index in [1.807, 2.05) is 0 Å². The highest BCUT2D eigenvalue weighted by atomic mass is 35.5. The summed E-state index contributed by atoms with van der Waals surface area (Å²) in [5.74, 6) is 0. The molecule has 0 saturated carbocycles. The quantitative estimate of drug-likeness (QED) is 0.567. The van der Waals surface area contributed by atoms with E-state index in [-0.39, 0.29) is 0 Å². The molecule has 1 rings (SSSR count). The zero-order chi connectivity index (χ0) is 10.7. The first-order valence-corrected chi connectivity index (χ1v) is 4.41. The lowest BCUT2D eigenvalue weighted by Gasteiger charge is -2.17. The molecule has 0 saturated heterocycles. The Morgan fingerprint density at radius 1 is 1.43 bits per heavy atom. The molecule has 4 heteroatoms. The molecule has 74 valence electrons. The Kier molecular flexibility index (Phi) is 3.25. The number of benzene rings is 1. The fourth-order valence-corrected chi connectivity index (χ4v) is 1.47. The Bertz CT molecular complexity index is 374. The summed E-state index contributed by atoms with van der Waals surface area (Å²) in [6.45, 7) is 0. The molecule has 0 aliphatic carbocycles. The van der Waals surface area contributed by atoms with Gasteiger partial charge in [0.2, 0.25) is 0 Å². The fourth-order valence-electron chi connectivity index (χ4n) is 1.31. The number of aldehydes is 1. The van der Waals surface area contributed by atoms with Crippen LogP contribution in [-0.2, 0) is 0 Å². The van der Waals surface area contributed by atoms with Gasteiger partial charge in [0, 0.05) is 19.7 Å². The van der Waals surface area contributed by atoms with E-state index in [4.69, 9.17) is 11.6 Å². The van der Waals surface area contributed by atoms with Gasteiger partial charge in [0.1, 0.15) is 0 Å². The third-order valence-corrected chi connectivity index (χ3v) is 2.06. The van der Waals surface area contributed by atoms with Crippen LogP contribution in [0.25, 0.3) is 0 Å². The summed E-state index contributed by atoms with van der Waals surface area (Å²) in [6.07, 6.45) is 0.707. The number of hydrogen-bond donors (Lipinski definition) is 0. The van der Waals surface area contributed by atoms with E-state index >= 15 is 0 Å². The third-order valence-electron chi connectivity index (χ3n) is 1.85. The molecular weight excluding hydrogens is 202 g/mol. The van der Waals surface area contributed by atoms with Crippen molar-refractivity contribution in [2.24, 2.45) is 0 Å². The highest BCUT2D eigenvalue weighted by Gasteiger charge is 2.13. The maximum absolute atomic E-state index is 11.1. The van der Waals surface area contributed by atoms with Crippen LogP contribution in [0.3, 0.4) is 0 Å². The number of rotatable bonds is 3. The standard InChI is InChI=1S/C10H10ClNO2/c1-12(2)9-7(6-13)4-3-5-8(9)10(11)14/h3-6H,1-2H3. The van der Waals surface area contributed by atoms with Crippen LogP contribution in [0.1, 0.15) is 20.7 Å². The lowest BCUT2D eigenvalue weighted by molar-refractivity contribution is 0.108. The molecule has 0 amide bonds. The molecule has 1 aromatic rings. The minimum Gasteiger partial charge on any atom is -0.376 e. The molecule has 0 fully saturated rings. The molecule has 0 radical (unpaired) electrons. The van der Waals surface area contributed by atoms with Gasteiger partial charge in [-0.2, -0.15) is 0 Å². The molecule has 1 aromatic carbocycles. The van der Waals surface area contributed by atoms with E-state index in [2.05, 4.69) is 0 Å². The zero-order valence-corrected chi connectivity index (χ0v) is 8.71. The van der Waals surface area contributed by atoms with Crippen molar-refractivity contribution in [3.05, 3.63) is 29.3 Å². The van der Waals surface area contributed by atoms with Gasteiger partial charge >= 0.3 is 0 Å². The Morgan fingerprint density at radius 2 is 2.07 bits per heavy atom. The number of halogens is 1. The first-order chi connectivity index (χ1) is 6.57. The second-order valence-electron chi connectivity index (χ2n) is 3.03. The maximum Gasteiger partial charge on any atom is 0.254 e. The normalized spacial score (nSPS) is 9.64. The molecule has 0 atom stereocenters. The number of carbonyl (C=O) groups is 2. The molecular formula is C10H10ClNO2. The third kappa shape index (κ3) is 1.93. The van der Waals surface area contributed by atoms with E-state index in [9.17, 15) is 9.59 Å². The van der Waals surface area contributed by atoms with Crippen molar-refractivity contribution in [1.29, 1.82) is 0 Å². The van der Waals surface area contributed by atoms with Crippen molar-refractivity contribution in [2.75, 3.05) is 19.0 Å². The van der Waals surface area contributed by atoms with Crippen LogP contribution in [0, 0.1) is 0 Å². The van der Waals surface area contributed by atoms with Gasteiger partial charge in [0.05, 0.1) is 11.3 Å². The first kappa shape index (κ1) is 10.7. The van der Waals surface area contributed by atoms with Gasteiger partial charge in [0.25, 0.3) is 5.24 Å². The molecule has 0 bridgehead atoms. The second-order valence-corrected chi connectivity index (χ2v) is 3.37. The van der Waals surface area contributed by atoms with Crippen LogP contribution in [0.4, 0.5) is 5.69 Å². The number of anilines is 1. The van der Waals surface area contributed by atoms with Crippen molar-refractivity contribution < 1.29 is 9.59 Å². The van der Waals surface area contributed by atoms with Crippen molar-refractivity contribution in [1.82, 2.24) is 0 Å². The molecule has 0 aromatic heterocycles. The van der Waals surface area contributed by atoms with Gasteiger partial charge < -0.3 is 4.90 Å². The molecule has 14 heavy (non-hydrogen) atoms. The van der Waals surface area contributed by atoms with Gasteiger partial charge in [-0.25, -0.2) is 0 Å². The fraction of sp³-hybridized carbons (Fsp3) is 0.200. The summed E-state index contributed by atoms with van der Waals surface area (Å²) in [5.41, 5.74) is 1.37. The van der Waals surface area contributed by atoms with Crippen LogP contribution in [0.15, 0.2) is 18.2 Å². The molecule has 0 heterocycles. The van der Waals surface area contributed by atoms with Crippen LogP contribution in [0.5, 0.6) is 0 Å². The Hall–Kier alpha value is -1.35. The van der Waals surface area contributed by atoms with Gasteiger partial charge in [-0.3, -0.25) is 9.59 Å². The number of para-hydroxylation sites is 1. The number of carbonyl (C=O) groups excluding carboxylic acids is 2. The SMILES string of the molecule is CN(C)c1c(C=O)cccc1C(=O)Cl. The van der Waals surface area contributed by atoms with Gasteiger partial charge in [-0.05, 0) is 23.7 Å². The molecule has 3 nitrogen and oxygen atoms in total. The smallest absolute Gasteiger partial charge is 0.254 e. The molecule has 0 aliphatic heterocycles. The van der Waals surface area contributed by atoms with Gasteiger partial charge in [-0.15, -0.1) is 0 Å². The van der Waals surface area contributed by atoms with Crippen molar-refractivity contribution >= 4 is 28.8 Å². The van der Waals surface area contributed by atoms with E-state index < -0.39 is 5.24 Å². The first-order valence-electron chi connectivity index (χ1n) is 4.03. The summed E-state index contributed by atoms with van der Waals surface area (Å²) in [4.78, 5) is 23.5. The van der Waals surface area contributed by atoms with Crippen LogP contribution in [-0.4, -0.2) is 25.6 Å². The van der Waals surface area contributed by atoms with Crippen LogP contribution >= 0.6 is 11.6 Å². The summed E-state index contributed by atoms with van der Waals surface area (Å²) < 4.78 is 0. The minimum absolute atomic E-state index is 0.348. The van der Waals surface area contributed by atoms with Crippen molar-refractivity contribution in [3.8, 4) is 0 Å². The average molecular weight is 212 g/mol. The monoisotopic (exact) mass is 211 g/mol. The molecule has 0 aliphatic rings. The van der Waals surface area contributed by atoms with Crippen molar-refractivity contribution in [2.45, 2.75) is 0 Å². The average Bonchev–Trinajstić information content (AvgIpc) is 2.16. The Balaban J connectivity index is 3.43. The van der Waals surface area contributed by atoms with Gasteiger partial charge in [-0.1, -0.05) is 6.07 Å². The topological polar surface area (TPSA) is 37.4 Å². The lowest BCUT2D eigenvalue weighted by Crippen LogP contribution is -2.14. The Labute approximate surface area is 87.3 Å². The molecule has 0 N–H and O–H groups in total. The van der Waals surface area contributed by atoms with E-state index in [1.165, 1.54) is 0 Å². The van der Waals surface area contributed by atoms with Crippen LogP contribution in [0.2, 0.25) is 0 Å². The highest BCUT2D eigenvalue weighted by Crippen LogP contribution is 2.23. The number of nitrogens with zero attached hydrogens (tertiary/aromatic N) is 1. The summed E-state index contributed by atoms with van der Waals surface area (Å²) in [5, 5.41) is -0.558. The zero-order valence-electron chi connectivity index (χ0n) is 7.95.